The molecule has 1 aliphatic rings. The lowest BCUT2D eigenvalue weighted by atomic mass is 10.1. The van der Waals surface area contributed by atoms with Crippen molar-refractivity contribution < 1.29 is 9.32 Å². The van der Waals surface area contributed by atoms with E-state index in [1.807, 2.05) is 6.92 Å². The van der Waals surface area contributed by atoms with E-state index in [-0.39, 0.29) is 11.9 Å². The molecule has 1 fully saturated rings. The fraction of sp³-hybridized carbons (Fsp3) is 0.467. The van der Waals surface area contributed by atoms with E-state index in [4.69, 9.17) is 4.52 Å². The Hall–Kier alpha value is -1.66. The summed E-state index contributed by atoms with van der Waals surface area (Å²) in [4.78, 5) is 16.0. The first-order valence-corrected chi connectivity index (χ1v) is 8.06. The Labute approximate surface area is 127 Å². The second-order valence-corrected chi connectivity index (χ2v) is 6.38. The van der Waals surface area contributed by atoms with Gasteiger partial charge in [-0.3, -0.25) is 9.69 Å². The quantitative estimate of drug-likeness (QED) is 0.942. The number of carbonyl (C=O) groups excluding carboxylic acids is 1. The van der Waals surface area contributed by atoms with Gasteiger partial charge in [0, 0.05) is 17.0 Å². The molecule has 0 aromatic carbocycles. The standard InChI is InChI=1S/C15H19N3O2S/c1-10-9-14(17-20-10)16-15(19)11(2)18-7-3-5-12(18)13-6-4-8-21-13/h4,6,8-9,11-12H,3,5,7H2,1-2H3,(H,16,17,19)/t11-,12-/m1/s1. The van der Waals surface area contributed by atoms with E-state index in [9.17, 15) is 4.79 Å². The first-order valence-electron chi connectivity index (χ1n) is 7.18. The fourth-order valence-electron chi connectivity index (χ4n) is 2.85. The zero-order chi connectivity index (χ0) is 14.8. The molecule has 21 heavy (non-hydrogen) atoms. The molecule has 5 nitrogen and oxygen atoms in total. The Morgan fingerprint density at radius 1 is 1.62 bits per heavy atom. The molecule has 2 aromatic rings. The van der Waals surface area contributed by atoms with E-state index in [0.717, 1.165) is 19.4 Å². The molecule has 3 heterocycles. The molecule has 0 bridgehead atoms. The smallest absolute Gasteiger partial charge is 0.242 e. The normalized spacial score (nSPS) is 20.6. The van der Waals surface area contributed by atoms with Crippen molar-refractivity contribution in [2.24, 2.45) is 0 Å². The summed E-state index contributed by atoms with van der Waals surface area (Å²) < 4.78 is 4.97. The van der Waals surface area contributed by atoms with E-state index in [2.05, 4.69) is 32.9 Å². The minimum atomic E-state index is -0.184. The molecule has 1 amide bonds. The van der Waals surface area contributed by atoms with E-state index in [1.54, 1.807) is 24.3 Å². The van der Waals surface area contributed by atoms with Crippen molar-refractivity contribution in [3.8, 4) is 0 Å². The summed E-state index contributed by atoms with van der Waals surface area (Å²) in [7, 11) is 0. The van der Waals surface area contributed by atoms with E-state index in [1.165, 1.54) is 4.88 Å². The molecule has 1 N–H and O–H groups in total. The molecule has 0 spiro atoms. The van der Waals surface area contributed by atoms with Crippen LogP contribution in [0.3, 0.4) is 0 Å². The molecular formula is C15H19N3O2S. The predicted molar refractivity (Wildman–Crippen MR) is 82.3 cm³/mol. The monoisotopic (exact) mass is 305 g/mol. The van der Waals surface area contributed by atoms with Crippen molar-refractivity contribution in [3.63, 3.8) is 0 Å². The highest BCUT2D eigenvalue weighted by atomic mass is 32.1. The molecular weight excluding hydrogens is 286 g/mol. The van der Waals surface area contributed by atoms with Crippen molar-refractivity contribution in [2.75, 3.05) is 11.9 Å². The van der Waals surface area contributed by atoms with Crippen LogP contribution in [0.2, 0.25) is 0 Å². The molecule has 112 valence electrons. The van der Waals surface area contributed by atoms with Crippen LogP contribution < -0.4 is 5.32 Å². The van der Waals surface area contributed by atoms with Gasteiger partial charge in [-0.25, -0.2) is 0 Å². The Kier molecular flexibility index (Phi) is 4.07. The Morgan fingerprint density at radius 3 is 3.14 bits per heavy atom. The number of rotatable bonds is 4. The first-order chi connectivity index (χ1) is 10.1. The van der Waals surface area contributed by atoms with Gasteiger partial charge in [0.25, 0.3) is 0 Å². The van der Waals surface area contributed by atoms with Crippen LogP contribution in [0.4, 0.5) is 5.82 Å². The molecule has 6 heteroatoms. The number of carbonyl (C=O) groups is 1. The summed E-state index contributed by atoms with van der Waals surface area (Å²) in [6, 6.07) is 6.12. The largest absolute Gasteiger partial charge is 0.360 e. The molecule has 1 aliphatic heterocycles. The van der Waals surface area contributed by atoms with Crippen LogP contribution in [0.5, 0.6) is 0 Å². The molecule has 0 aliphatic carbocycles. The molecule has 0 saturated carbocycles. The minimum Gasteiger partial charge on any atom is -0.360 e. The van der Waals surface area contributed by atoms with Crippen molar-refractivity contribution in [3.05, 3.63) is 34.2 Å². The van der Waals surface area contributed by atoms with Gasteiger partial charge in [-0.1, -0.05) is 11.2 Å². The van der Waals surface area contributed by atoms with Crippen LogP contribution >= 0.6 is 11.3 Å². The summed E-state index contributed by atoms with van der Waals surface area (Å²) in [5.41, 5.74) is 0. The topological polar surface area (TPSA) is 58.4 Å². The Morgan fingerprint density at radius 2 is 2.48 bits per heavy atom. The van der Waals surface area contributed by atoms with Crippen LogP contribution in [0.25, 0.3) is 0 Å². The van der Waals surface area contributed by atoms with E-state index in [0.29, 0.717) is 17.6 Å². The lowest BCUT2D eigenvalue weighted by Crippen LogP contribution is -2.41. The van der Waals surface area contributed by atoms with Gasteiger partial charge in [0.15, 0.2) is 5.82 Å². The van der Waals surface area contributed by atoms with Crippen molar-refractivity contribution in [1.82, 2.24) is 10.1 Å². The number of hydrogen-bond donors (Lipinski definition) is 1. The molecule has 2 aromatic heterocycles. The lowest BCUT2D eigenvalue weighted by Gasteiger charge is -2.28. The number of aromatic nitrogens is 1. The maximum Gasteiger partial charge on any atom is 0.242 e. The number of anilines is 1. The summed E-state index contributed by atoms with van der Waals surface area (Å²) in [6.45, 7) is 4.71. The highest BCUT2D eigenvalue weighted by Crippen LogP contribution is 2.35. The van der Waals surface area contributed by atoms with Gasteiger partial charge in [0.2, 0.25) is 5.91 Å². The molecule has 1 saturated heterocycles. The number of hydrogen-bond acceptors (Lipinski definition) is 5. The van der Waals surface area contributed by atoms with Crippen LogP contribution in [0.15, 0.2) is 28.1 Å². The van der Waals surface area contributed by atoms with Crippen LogP contribution in [-0.4, -0.2) is 28.6 Å². The Balaban J connectivity index is 1.68. The van der Waals surface area contributed by atoms with Crippen LogP contribution in [0.1, 0.15) is 36.4 Å². The van der Waals surface area contributed by atoms with Gasteiger partial charge in [-0.15, -0.1) is 11.3 Å². The number of nitrogens with one attached hydrogen (secondary N) is 1. The van der Waals surface area contributed by atoms with Gasteiger partial charge in [0.05, 0.1) is 6.04 Å². The maximum atomic E-state index is 12.4. The molecule has 2 atom stereocenters. The van der Waals surface area contributed by atoms with Gasteiger partial charge in [-0.05, 0) is 44.7 Å². The average Bonchev–Trinajstić information content (AvgIpc) is 3.18. The van der Waals surface area contributed by atoms with Gasteiger partial charge < -0.3 is 9.84 Å². The third-order valence-electron chi connectivity index (χ3n) is 3.92. The molecule has 3 rings (SSSR count). The highest BCUT2D eigenvalue weighted by Gasteiger charge is 2.33. The highest BCUT2D eigenvalue weighted by molar-refractivity contribution is 7.10. The summed E-state index contributed by atoms with van der Waals surface area (Å²) in [5.74, 6) is 1.14. The Bertz CT molecular complexity index is 608. The van der Waals surface area contributed by atoms with Gasteiger partial charge >= 0.3 is 0 Å². The predicted octanol–water partition coefficient (Wildman–Crippen LogP) is 3.21. The number of nitrogens with zero attached hydrogens (tertiary/aromatic N) is 2. The number of amides is 1. The summed E-state index contributed by atoms with van der Waals surface area (Å²) in [5, 5.41) is 8.73. The van der Waals surface area contributed by atoms with E-state index >= 15 is 0 Å². The van der Waals surface area contributed by atoms with Gasteiger partial charge in [0.1, 0.15) is 5.76 Å². The van der Waals surface area contributed by atoms with Crippen LogP contribution in [-0.2, 0) is 4.79 Å². The SMILES string of the molecule is Cc1cc(NC(=O)[C@@H](C)N2CCC[C@@H]2c2cccs2)no1. The summed E-state index contributed by atoms with van der Waals surface area (Å²) >= 11 is 1.76. The zero-order valence-electron chi connectivity index (χ0n) is 12.2. The lowest BCUT2D eigenvalue weighted by molar-refractivity contribution is -0.121. The van der Waals surface area contributed by atoms with Crippen LogP contribution in [0, 0.1) is 6.92 Å². The zero-order valence-corrected chi connectivity index (χ0v) is 13.0. The minimum absolute atomic E-state index is 0.0354. The van der Waals surface area contributed by atoms with E-state index < -0.39 is 0 Å². The van der Waals surface area contributed by atoms with Crippen molar-refractivity contribution >= 4 is 23.1 Å². The molecule has 0 radical (unpaired) electrons. The van der Waals surface area contributed by atoms with Gasteiger partial charge in [-0.2, -0.15) is 0 Å². The maximum absolute atomic E-state index is 12.4. The fourth-order valence-corrected chi connectivity index (χ4v) is 3.73. The second kappa shape index (κ2) is 5.99. The second-order valence-electron chi connectivity index (χ2n) is 5.40. The molecule has 0 unspecified atom stereocenters. The third kappa shape index (κ3) is 3.01. The van der Waals surface area contributed by atoms with Crippen molar-refractivity contribution in [1.29, 1.82) is 0 Å². The number of aryl methyl sites for hydroxylation is 1. The third-order valence-corrected chi connectivity index (χ3v) is 4.90. The number of likely N-dealkylation sites (tertiary alicyclic amines) is 1. The number of thiophene rings is 1. The summed E-state index contributed by atoms with van der Waals surface area (Å²) in [6.07, 6.45) is 2.24. The average molecular weight is 305 g/mol. The van der Waals surface area contributed by atoms with Crippen molar-refractivity contribution in [2.45, 2.75) is 38.8 Å². The first kappa shape index (κ1) is 14.3.